The van der Waals surface area contributed by atoms with Gasteiger partial charge in [0.1, 0.15) is 6.10 Å². The third-order valence-electron chi connectivity index (χ3n) is 1.56. The molecule has 2 atom stereocenters. The molecule has 1 aliphatic heterocycles. The first-order valence-corrected chi connectivity index (χ1v) is 3.19. The lowest BCUT2D eigenvalue weighted by Gasteiger charge is -2.23. The minimum absolute atomic E-state index is 0.0336. The molecule has 0 saturated carbocycles. The largest absolute Gasteiger partial charge is 0.496 e. The number of hydrogen-bond acceptors (Lipinski definition) is 2. The average molecular weight is 128 g/mol. The van der Waals surface area contributed by atoms with Gasteiger partial charge in [0.15, 0.2) is 0 Å². The highest BCUT2D eigenvalue weighted by molar-refractivity contribution is 5.00. The average Bonchev–Trinajstić information content (AvgIpc) is 1.80. The molecule has 0 radical (unpaired) electrons. The number of hydrogen-bond donors (Lipinski definition) is 1. The van der Waals surface area contributed by atoms with Crippen LogP contribution in [0.5, 0.6) is 0 Å². The normalized spacial score (nSPS) is 35.2. The van der Waals surface area contributed by atoms with Crippen LogP contribution in [0.15, 0.2) is 11.8 Å². The number of aliphatic hydroxyl groups excluding tert-OH is 1. The Morgan fingerprint density at radius 1 is 1.78 bits per heavy atom. The summed E-state index contributed by atoms with van der Waals surface area (Å²) in [5.41, 5.74) is 1.11. The van der Waals surface area contributed by atoms with E-state index in [2.05, 4.69) is 0 Å². The summed E-state index contributed by atoms with van der Waals surface area (Å²) in [6, 6.07) is 0. The Morgan fingerprint density at radius 3 is 2.89 bits per heavy atom. The maximum Gasteiger partial charge on any atom is 0.121 e. The van der Waals surface area contributed by atoms with E-state index < -0.39 is 0 Å². The lowest BCUT2D eigenvalue weighted by atomic mass is 10.1. The zero-order valence-corrected chi connectivity index (χ0v) is 5.79. The van der Waals surface area contributed by atoms with E-state index in [4.69, 9.17) is 4.74 Å². The van der Waals surface area contributed by atoms with Crippen LogP contribution in [0.3, 0.4) is 0 Å². The number of aliphatic hydroxyl groups is 1. The van der Waals surface area contributed by atoms with Crippen LogP contribution >= 0.6 is 0 Å². The Hall–Kier alpha value is -0.500. The van der Waals surface area contributed by atoms with Gasteiger partial charge in [0.25, 0.3) is 0 Å². The molecule has 0 aromatic heterocycles. The lowest BCUT2D eigenvalue weighted by molar-refractivity contribution is 0.00614. The second-order valence-corrected chi connectivity index (χ2v) is 2.58. The van der Waals surface area contributed by atoms with Crippen LogP contribution in [0.25, 0.3) is 0 Å². The fraction of sp³-hybridized carbons (Fsp3) is 0.714. The van der Waals surface area contributed by atoms with Crippen LogP contribution in [-0.2, 0) is 4.74 Å². The molecular weight excluding hydrogens is 116 g/mol. The van der Waals surface area contributed by atoms with Crippen molar-refractivity contribution in [2.24, 2.45) is 0 Å². The summed E-state index contributed by atoms with van der Waals surface area (Å²) in [7, 11) is 0. The molecule has 1 N–H and O–H groups in total. The van der Waals surface area contributed by atoms with E-state index in [9.17, 15) is 5.11 Å². The third kappa shape index (κ3) is 1.45. The molecule has 9 heavy (non-hydrogen) atoms. The molecule has 1 aliphatic rings. The van der Waals surface area contributed by atoms with Crippen LogP contribution in [0, 0.1) is 0 Å². The molecule has 0 aromatic rings. The summed E-state index contributed by atoms with van der Waals surface area (Å²) in [4.78, 5) is 0. The molecular formula is C7H12O2. The standard InChI is InChI=1S/C7H12O2/c1-5-3-7(8)6(2)9-4-5/h4,6-8H,3H2,1-2H3. The van der Waals surface area contributed by atoms with E-state index in [1.807, 2.05) is 13.8 Å². The number of rotatable bonds is 0. The zero-order chi connectivity index (χ0) is 6.85. The van der Waals surface area contributed by atoms with Gasteiger partial charge >= 0.3 is 0 Å². The minimum Gasteiger partial charge on any atom is -0.496 e. The predicted molar refractivity (Wildman–Crippen MR) is 34.9 cm³/mol. The van der Waals surface area contributed by atoms with Crippen LogP contribution in [0.4, 0.5) is 0 Å². The molecule has 1 rings (SSSR count). The van der Waals surface area contributed by atoms with Crippen molar-refractivity contribution in [3.05, 3.63) is 11.8 Å². The minimum atomic E-state index is -0.310. The van der Waals surface area contributed by atoms with Crippen molar-refractivity contribution >= 4 is 0 Å². The van der Waals surface area contributed by atoms with Crippen molar-refractivity contribution in [3.63, 3.8) is 0 Å². The Morgan fingerprint density at radius 2 is 2.44 bits per heavy atom. The Bertz CT molecular complexity index is 129. The third-order valence-corrected chi connectivity index (χ3v) is 1.56. The van der Waals surface area contributed by atoms with E-state index in [1.54, 1.807) is 6.26 Å². The molecule has 0 aliphatic carbocycles. The monoisotopic (exact) mass is 128 g/mol. The highest BCUT2D eigenvalue weighted by Crippen LogP contribution is 2.16. The number of ether oxygens (including phenoxy) is 1. The highest BCUT2D eigenvalue weighted by Gasteiger charge is 2.18. The first-order chi connectivity index (χ1) is 4.20. The SMILES string of the molecule is CC1=COC(C)C(O)C1. The molecule has 0 fully saturated rings. The van der Waals surface area contributed by atoms with Crippen LogP contribution in [-0.4, -0.2) is 17.3 Å². The van der Waals surface area contributed by atoms with Gasteiger partial charge in [-0.15, -0.1) is 0 Å². The second kappa shape index (κ2) is 2.40. The van der Waals surface area contributed by atoms with Crippen LogP contribution in [0.2, 0.25) is 0 Å². The van der Waals surface area contributed by atoms with Gasteiger partial charge in [-0.3, -0.25) is 0 Å². The fourth-order valence-electron chi connectivity index (χ4n) is 0.858. The fourth-order valence-corrected chi connectivity index (χ4v) is 0.858. The van der Waals surface area contributed by atoms with Crippen molar-refractivity contribution in [1.29, 1.82) is 0 Å². The first kappa shape index (κ1) is 6.62. The van der Waals surface area contributed by atoms with E-state index >= 15 is 0 Å². The summed E-state index contributed by atoms with van der Waals surface area (Å²) < 4.78 is 5.09. The summed E-state index contributed by atoms with van der Waals surface area (Å²) in [5, 5.41) is 9.18. The maximum absolute atomic E-state index is 9.18. The smallest absolute Gasteiger partial charge is 0.121 e. The molecule has 2 heteroatoms. The summed E-state index contributed by atoms with van der Waals surface area (Å²) in [6.45, 7) is 3.82. The van der Waals surface area contributed by atoms with Crippen molar-refractivity contribution < 1.29 is 9.84 Å². The molecule has 0 spiro atoms. The van der Waals surface area contributed by atoms with Crippen molar-refractivity contribution in [3.8, 4) is 0 Å². The van der Waals surface area contributed by atoms with Gasteiger partial charge in [-0.25, -0.2) is 0 Å². The summed E-state index contributed by atoms with van der Waals surface area (Å²) in [6.07, 6.45) is 2.13. The van der Waals surface area contributed by atoms with Crippen molar-refractivity contribution in [2.45, 2.75) is 32.5 Å². The molecule has 2 nitrogen and oxygen atoms in total. The molecule has 0 aromatic carbocycles. The zero-order valence-electron chi connectivity index (χ0n) is 5.79. The van der Waals surface area contributed by atoms with Gasteiger partial charge in [0, 0.05) is 6.42 Å². The molecule has 0 bridgehead atoms. The van der Waals surface area contributed by atoms with Gasteiger partial charge in [0.05, 0.1) is 12.4 Å². The van der Waals surface area contributed by atoms with Gasteiger partial charge in [0.2, 0.25) is 0 Å². The molecule has 52 valence electrons. The van der Waals surface area contributed by atoms with Crippen LogP contribution in [0.1, 0.15) is 20.3 Å². The molecule has 0 saturated heterocycles. The predicted octanol–water partition coefficient (Wildman–Crippen LogP) is 1.06. The van der Waals surface area contributed by atoms with E-state index in [1.165, 1.54) is 0 Å². The topological polar surface area (TPSA) is 29.5 Å². The Labute approximate surface area is 55.1 Å². The molecule has 2 unspecified atom stereocenters. The highest BCUT2D eigenvalue weighted by atomic mass is 16.5. The lowest BCUT2D eigenvalue weighted by Crippen LogP contribution is -2.27. The van der Waals surface area contributed by atoms with E-state index in [-0.39, 0.29) is 12.2 Å². The van der Waals surface area contributed by atoms with Crippen molar-refractivity contribution in [2.75, 3.05) is 0 Å². The summed E-state index contributed by atoms with van der Waals surface area (Å²) in [5.74, 6) is 0. The molecule has 1 heterocycles. The Balaban J connectivity index is 2.54. The van der Waals surface area contributed by atoms with Crippen LogP contribution < -0.4 is 0 Å². The van der Waals surface area contributed by atoms with Gasteiger partial charge in [-0.05, 0) is 19.4 Å². The van der Waals surface area contributed by atoms with E-state index in [0.717, 1.165) is 12.0 Å². The molecule has 0 amide bonds. The van der Waals surface area contributed by atoms with Gasteiger partial charge < -0.3 is 9.84 Å². The Kier molecular flexibility index (Phi) is 1.76. The van der Waals surface area contributed by atoms with E-state index in [0.29, 0.717) is 0 Å². The maximum atomic E-state index is 9.18. The summed E-state index contributed by atoms with van der Waals surface area (Å²) >= 11 is 0. The van der Waals surface area contributed by atoms with Gasteiger partial charge in [-0.2, -0.15) is 0 Å². The quantitative estimate of drug-likeness (QED) is 0.528. The second-order valence-electron chi connectivity index (χ2n) is 2.58. The first-order valence-electron chi connectivity index (χ1n) is 3.19. The van der Waals surface area contributed by atoms with Gasteiger partial charge in [-0.1, -0.05) is 0 Å². The van der Waals surface area contributed by atoms with Crippen molar-refractivity contribution in [1.82, 2.24) is 0 Å².